The Kier molecular flexibility index (Phi) is 9.38. The summed E-state index contributed by atoms with van der Waals surface area (Å²) in [4.78, 5) is 9.60. The Bertz CT molecular complexity index is 841. The Morgan fingerprint density at radius 2 is 1.91 bits per heavy atom. The minimum atomic E-state index is 0.146. The van der Waals surface area contributed by atoms with Gasteiger partial charge in [0.25, 0.3) is 0 Å². The molecule has 0 amide bonds. The lowest BCUT2D eigenvalue weighted by Crippen LogP contribution is -2.41. The number of hydrogen-bond acceptors (Lipinski definition) is 4. The van der Waals surface area contributed by atoms with Crippen LogP contribution in [-0.4, -0.2) is 69.8 Å². The number of likely N-dealkylation sites (tertiary alicyclic amines) is 1. The lowest BCUT2D eigenvalue weighted by Gasteiger charge is -2.27. The van der Waals surface area contributed by atoms with Crippen LogP contribution in [0.25, 0.3) is 0 Å². The van der Waals surface area contributed by atoms with Crippen molar-refractivity contribution in [3.8, 4) is 5.75 Å². The fourth-order valence-corrected chi connectivity index (χ4v) is 4.16. The second-order valence-electron chi connectivity index (χ2n) is 8.52. The molecular weight excluding hydrogens is 400 g/mol. The Labute approximate surface area is 193 Å². The van der Waals surface area contributed by atoms with Crippen molar-refractivity contribution in [2.24, 2.45) is 10.9 Å². The number of para-hydroxylation sites is 1. The maximum Gasteiger partial charge on any atom is 0.193 e. The molecule has 0 spiro atoms. The van der Waals surface area contributed by atoms with Gasteiger partial charge in [-0.25, -0.2) is 0 Å². The molecule has 1 aliphatic heterocycles. The largest absolute Gasteiger partial charge is 0.496 e. The molecule has 0 bridgehead atoms. The molecule has 2 aromatic carbocycles. The number of likely N-dealkylation sites (N-methyl/N-ethyl adjacent to an activating group) is 1. The van der Waals surface area contributed by atoms with Crippen LogP contribution in [0.4, 0.5) is 0 Å². The quantitative estimate of drug-likeness (QED) is 0.452. The molecule has 0 radical (unpaired) electrons. The van der Waals surface area contributed by atoms with Crippen molar-refractivity contribution in [2.75, 3.05) is 54.0 Å². The first-order valence-corrected chi connectivity index (χ1v) is 11.6. The van der Waals surface area contributed by atoms with E-state index in [4.69, 9.17) is 14.5 Å². The van der Waals surface area contributed by atoms with E-state index < -0.39 is 0 Å². The van der Waals surface area contributed by atoms with E-state index in [9.17, 15) is 0 Å². The maximum absolute atomic E-state index is 6.00. The molecule has 2 aromatic rings. The van der Waals surface area contributed by atoms with Crippen LogP contribution in [-0.2, 0) is 11.3 Å². The van der Waals surface area contributed by atoms with Crippen LogP contribution in [0, 0.1) is 5.92 Å². The lowest BCUT2D eigenvalue weighted by atomic mass is 10.0. The van der Waals surface area contributed by atoms with E-state index in [1.54, 1.807) is 7.11 Å². The lowest BCUT2D eigenvalue weighted by molar-refractivity contribution is 0.0906. The van der Waals surface area contributed by atoms with E-state index in [0.29, 0.717) is 19.1 Å². The van der Waals surface area contributed by atoms with E-state index in [2.05, 4.69) is 72.5 Å². The standard InChI is InChI=1S/C26H38N4O2/c1-5-27-26(28-17-24(29(2)3)23-13-9-10-14-25(23)31-4)30-16-15-22(18-30)20-32-19-21-11-7-6-8-12-21/h6-14,22,24H,5,15-20H2,1-4H3,(H,27,28). The topological polar surface area (TPSA) is 49.3 Å². The Morgan fingerprint density at radius 1 is 1.16 bits per heavy atom. The van der Waals surface area contributed by atoms with Crippen LogP contribution < -0.4 is 10.1 Å². The van der Waals surface area contributed by atoms with Crippen LogP contribution in [0.15, 0.2) is 59.6 Å². The summed E-state index contributed by atoms with van der Waals surface area (Å²) in [7, 11) is 5.91. The van der Waals surface area contributed by atoms with Crippen LogP contribution in [0.5, 0.6) is 5.75 Å². The van der Waals surface area contributed by atoms with Gasteiger partial charge in [0, 0.05) is 31.1 Å². The van der Waals surface area contributed by atoms with Gasteiger partial charge in [-0.1, -0.05) is 48.5 Å². The van der Waals surface area contributed by atoms with Gasteiger partial charge >= 0.3 is 0 Å². The van der Waals surface area contributed by atoms with E-state index >= 15 is 0 Å². The summed E-state index contributed by atoms with van der Waals surface area (Å²) in [6, 6.07) is 18.7. The normalized spacial score (nSPS) is 17.6. The molecule has 1 saturated heterocycles. The number of rotatable bonds is 10. The van der Waals surface area contributed by atoms with Crippen molar-refractivity contribution in [2.45, 2.75) is 26.0 Å². The highest BCUT2D eigenvalue weighted by molar-refractivity contribution is 5.80. The molecule has 1 N–H and O–H groups in total. The van der Waals surface area contributed by atoms with Crippen molar-refractivity contribution in [3.63, 3.8) is 0 Å². The Morgan fingerprint density at radius 3 is 2.62 bits per heavy atom. The number of nitrogens with zero attached hydrogens (tertiary/aromatic N) is 3. The minimum absolute atomic E-state index is 0.146. The molecule has 174 valence electrons. The maximum atomic E-state index is 6.00. The summed E-state index contributed by atoms with van der Waals surface area (Å²) in [5.74, 6) is 2.42. The molecule has 1 fully saturated rings. The molecule has 2 unspecified atom stereocenters. The van der Waals surface area contributed by atoms with E-state index in [1.807, 2.05) is 18.2 Å². The Hall–Kier alpha value is -2.57. The highest BCUT2D eigenvalue weighted by atomic mass is 16.5. The first-order valence-electron chi connectivity index (χ1n) is 11.6. The summed E-state index contributed by atoms with van der Waals surface area (Å²) < 4.78 is 11.6. The van der Waals surface area contributed by atoms with Gasteiger partial charge in [0.05, 0.1) is 32.9 Å². The summed E-state index contributed by atoms with van der Waals surface area (Å²) in [5, 5.41) is 3.49. The van der Waals surface area contributed by atoms with Gasteiger partial charge in [-0.15, -0.1) is 0 Å². The molecule has 1 aliphatic rings. The van der Waals surface area contributed by atoms with Gasteiger partial charge in [-0.2, -0.15) is 0 Å². The highest BCUT2D eigenvalue weighted by Gasteiger charge is 2.26. The molecule has 1 heterocycles. The van der Waals surface area contributed by atoms with Crippen molar-refractivity contribution in [3.05, 3.63) is 65.7 Å². The van der Waals surface area contributed by atoms with Crippen molar-refractivity contribution in [1.82, 2.24) is 15.1 Å². The van der Waals surface area contributed by atoms with Gasteiger partial charge in [0.1, 0.15) is 5.75 Å². The molecule has 6 heteroatoms. The SMILES string of the molecule is CCNC(=NCC(c1ccccc1OC)N(C)C)N1CCC(COCc2ccccc2)C1. The average molecular weight is 439 g/mol. The van der Waals surface area contributed by atoms with Crippen LogP contribution >= 0.6 is 0 Å². The summed E-state index contributed by atoms with van der Waals surface area (Å²) >= 11 is 0. The number of nitrogens with one attached hydrogen (secondary N) is 1. The van der Waals surface area contributed by atoms with Gasteiger partial charge in [-0.3, -0.25) is 4.99 Å². The highest BCUT2D eigenvalue weighted by Crippen LogP contribution is 2.28. The predicted octanol–water partition coefficient (Wildman–Crippen LogP) is 3.80. The molecule has 0 aromatic heterocycles. The number of aliphatic imine (C=N–C) groups is 1. The summed E-state index contributed by atoms with van der Waals surface area (Å²) in [5.41, 5.74) is 2.39. The fraction of sp³-hybridized carbons (Fsp3) is 0.500. The van der Waals surface area contributed by atoms with Crippen LogP contribution in [0.1, 0.15) is 30.5 Å². The predicted molar refractivity (Wildman–Crippen MR) is 131 cm³/mol. The molecule has 3 rings (SSSR count). The van der Waals surface area contributed by atoms with Crippen molar-refractivity contribution >= 4 is 5.96 Å². The zero-order valence-corrected chi connectivity index (χ0v) is 20.0. The van der Waals surface area contributed by atoms with Gasteiger partial charge in [0.15, 0.2) is 5.96 Å². The van der Waals surface area contributed by atoms with Gasteiger partial charge in [-0.05, 0) is 39.1 Å². The molecule has 0 aliphatic carbocycles. The monoisotopic (exact) mass is 438 g/mol. The molecule has 2 atom stereocenters. The second-order valence-corrected chi connectivity index (χ2v) is 8.52. The molecular formula is C26H38N4O2. The van der Waals surface area contributed by atoms with Crippen LogP contribution in [0.3, 0.4) is 0 Å². The fourth-order valence-electron chi connectivity index (χ4n) is 4.16. The zero-order valence-electron chi connectivity index (χ0n) is 20.0. The smallest absolute Gasteiger partial charge is 0.193 e. The first kappa shape index (κ1) is 24.1. The van der Waals surface area contributed by atoms with E-state index in [0.717, 1.165) is 49.9 Å². The van der Waals surface area contributed by atoms with Gasteiger partial charge in [0.2, 0.25) is 0 Å². The van der Waals surface area contributed by atoms with Gasteiger partial charge < -0.3 is 24.6 Å². The number of ether oxygens (including phenoxy) is 2. The first-order chi connectivity index (χ1) is 15.6. The van der Waals surface area contributed by atoms with Crippen molar-refractivity contribution < 1.29 is 9.47 Å². The third-order valence-electron chi connectivity index (χ3n) is 5.92. The number of benzene rings is 2. The van der Waals surface area contributed by atoms with Crippen LogP contribution in [0.2, 0.25) is 0 Å². The average Bonchev–Trinajstić information content (AvgIpc) is 3.28. The molecule has 32 heavy (non-hydrogen) atoms. The third-order valence-corrected chi connectivity index (χ3v) is 5.92. The number of hydrogen-bond donors (Lipinski definition) is 1. The second kappa shape index (κ2) is 12.5. The minimum Gasteiger partial charge on any atom is -0.496 e. The molecule has 0 saturated carbocycles. The third kappa shape index (κ3) is 6.71. The van der Waals surface area contributed by atoms with E-state index in [1.165, 1.54) is 5.56 Å². The van der Waals surface area contributed by atoms with Crippen molar-refractivity contribution in [1.29, 1.82) is 0 Å². The zero-order chi connectivity index (χ0) is 22.8. The van der Waals surface area contributed by atoms with E-state index in [-0.39, 0.29) is 6.04 Å². The number of methoxy groups -OCH3 is 1. The number of guanidine groups is 1. The summed E-state index contributed by atoms with van der Waals surface area (Å²) in [6.45, 7) is 7.08. The summed E-state index contributed by atoms with van der Waals surface area (Å²) in [6.07, 6.45) is 1.13. The Balaban J connectivity index is 1.60. The molecule has 6 nitrogen and oxygen atoms in total.